The Bertz CT molecular complexity index is 358. The highest BCUT2D eigenvalue weighted by Crippen LogP contribution is 2.30. The predicted octanol–water partition coefficient (Wildman–Crippen LogP) is 1.82. The molecule has 0 unspecified atom stereocenters. The van der Waals surface area contributed by atoms with E-state index in [1.807, 2.05) is 7.05 Å². The number of nitrogens with zero attached hydrogens (tertiary/aromatic N) is 3. The smallest absolute Gasteiger partial charge is 0.151 e. The van der Waals surface area contributed by atoms with Crippen molar-refractivity contribution in [1.82, 2.24) is 15.5 Å². The lowest BCUT2D eigenvalue weighted by Gasteiger charge is -2.38. The lowest BCUT2D eigenvalue weighted by Crippen LogP contribution is -2.40. The molecule has 0 radical (unpaired) electrons. The van der Waals surface area contributed by atoms with E-state index in [4.69, 9.17) is 0 Å². The Morgan fingerprint density at radius 3 is 2.76 bits per heavy atom. The van der Waals surface area contributed by atoms with Gasteiger partial charge < -0.3 is 10.2 Å². The Morgan fingerprint density at radius 2 is 2.18 bits per heavy atom. The molecule has 0 aromatic carbocycles. The minimum atomic E-state index is 0.392. The fourth-order valence-electron chi connectivity index (χ4n) is 2.42. The van der Waals surface area contributed by atoms with Gasteiger partial charge in [-0.05, 0) is 37.4 Å². The molecule has 1 N–H and O–H groups in total. The summed E-state index contributed by atoms with van der Waals surface area (Å²) < 4.78 is 0. The van der Waals surface area contributed by atoms with Crippen molar-refractivity contribution in [1.29, 1.82) is 0 Å². The Labute approximate surface area is 103 Å². The van der Waals surface area contributed by atoms with Gasteiger partial charge in [0.25, 0.3) is 0 Å². The van der Waals surface area contributed by atoms with E-state index in [-0.39, 0.29) is 0 Å². The third-order valence-corrected chi connectivity index (χ3v) is 3.29. The van der Waals surface area contributed by atoms with E-state index in [9.17, 15) is 0 Å². The van der Waals surface area contributed by atoms with Crippen molar-refractivity contribution in [3.63, 3.8) is 0 Å². The fourth-order valence-corrected chi connectivity index (χ4v) is 2.42. The van der Waals surface area contributed by atoms with Crippen LogP contribution in [-0.4, -0.2) is 30.3 Å². The van der Waals surface area contributed by atoms with Crippen LogP contribution in [0.5, 0.6) is 0 Å². The van der Waals surface area contributed by atoms with Crippen LogP contribution in [0.25, 0.3) is 0 Å². The average Bonchev–Trinajstić information content (AvgIpc) is 2.29. The minimum Gasteiger partial charge on any atom is -0.355 e. The molecule has 0 amide bonds. The van der Waals surface area contributed by atoms with Crippen molar-refractivity contribution in [2.45, 2.75) is 33.2 Å². The molecule has 0 bridgehead atoms. The molecule has 0 saturated carbocycles. The van der Waals surface area contributed by atoms with Crippen molar-refractivity contribution in [3.8, 4) is 0 Å². The second kappa shape index (κ2) is 5.00. The highest BCUT2D eigenvalue weighted by molar-refractivity contribution is 5.38. The zero-order chi connectivity index (χ0) is 12.3. The van der Waals surface area contributed by atoms with Crippen molar-refractivity contribution < 1.29 is 0 Å². The van der Waals surface area contributed by atoms with Gasteiger partial charge in [0.15, 0.2) is 5.82 Å². The number of piperidine rings is 1. The molecular weight excluding hydrogens is 212 g/mol. The number of nitrogens with one attached hydrogen (secondary N) is 1. The minimum absolute atomic E-state index is 0.392. The van der Waals surface area contributed by atoms with Gasteiger partial charge in [0.2, 0.25) is 0 Å². The zero-order valence-electron chi connectivity index (χ0n) is 11.0. The molecule has 1 aromatic rings. The first-order valence-corrected chi connectivity index (χ1v) is 6.33. The van der Waals surface area contributed by atoms with E-state index >= 15 is 0 Å². The average molecular weight is 234 g/mol. The lowest BCUT2D eigenvalue weighted by molar-refractivity contribution is 0.291. The van der Waals surface area contributed by atoms with Gasteiger partial charge in [-0.25, -0.2) is 0 Å². The van der Waals surface area contributed by atoms with E-state index in [1.54, 1.807) is 0 Å². The SMILES string of the molecule is CNCc1ccc(N2CCCC(C)(C)C2)nn1. The van der Waals surface area contributed by atoms with E-state index in [0.29, 0.717) is 5.41 Å². The molecule has 0 spiro atoms. The van der Waals surface area contributed by atoms with E-state index < -0.39 is 0 Å². The summed E-state index contributed by atoms with van der Waals surface area (Å²) in [6.07, 6.45) is 2.54. The highest BCUT2D eigenvalue weighted by Gasteiger charge is 2.27. The summed E-state index contributed by atoms with van der Waals surface area (Å²) in [5, 5.41) is 11.6. The first-order valence-electron chi connectivity index (χ1n) is 6.33. The molecule has 17 heavy (non-hydrogen) atoms. The molecule has 1 aliphatic rings. The lowest BCUT2D eigenvalue weighted by atomic mass is 9.84. The summed E-state index contributed by atoms with van der Waals surface area (Å²) in [6, 6.07) is 4.14. The standard InChI is InChI=1S/C13H22N4/c1-13(2)7-4-8-17(10-13)12-6-5-11(9-14-3)15-16-12/h5-6,14H,4,7-10H2,1-3H3. The van der Waals surface area contributed by atoms with Gasteiger partial charge in [0.05, 0.1) is 5.69 Å². The van der Waals surface area contributed by atoms with Crippen LogP contribution < -0.4 is 10.2 Å². The number of rotatable bonds is 3. The van der Waals surface area contributed by atoms with Gasteiger partial charge in [0.1, 0.15) is 0 Å². The maximum Gasteiger partial charge on any atom is 0.151 e. The summed E-state index contributed by atoms with van der Waals surface area (Å²) in [7, 11) is 1.92. The van der Waals surface area contributed by atoms with Crippen molar-refractivity contribution >= 4 is 5.82 Å². The molecule has 1 aromatic heterocycles. The van der Waals surface area contributed by atoms with Crippen LogP contribution in [0, 0.1) is 5.41 Å². The van der Waals surface area contributed by atoms with Gasteiger partial charge in [-0.3, -0.25) is 0 Å². The number of hydrogen-bond donors (Lipinski definition) is 1. The molecule has 4 nitrogen and oxygen atoms in total. The van der Waals surface area contributed by atoms with Crippen molar-refractivity contribution in [2.75, 3.05) is 25.0 Å². The summed E-state index contributed by atoms with van der Waals surface area (Å²) in [4.78, 5) is 2.35. The van der Waals surface area contributed by atoms with Gasteiger partial charge in [-0.2, -0.15) is 5.10 Å². The second-order valence-corrected chi connectivity index (χ2v) is 5.60. The molecular formula is C13H22N4. The Balaban J connectivity index is 2.06. The van der Waals surface area contributed by atoms with Crippen molar-refractivity contribution in [3.05, 3.63) is 17.8 Å². The second-order valence-electron chi connectivity index (χ2n) is 5.60. The van der Waals surface area contributed by atoms with Crippen LogP contribution in [0.4, 0.5) is 5.82 Å². The molecule has 1 fully saturated rings. The molecule has 0 atom stereocenters. The fraction of sp³-hybridized carbons (Fsp3) is 0.692. The van der Waals surface area contributed by atoms with Crippen LogP contribution in [-0.2, 0) is 6.54 Å². The van der Waals surface area contributed by atoms with Crippen LogP contribution in [0.15, 0.2) is 12.1 Å². The normalized spacial score (nSPS) is 19.4. The largest absolute Gasteiger partial charge is 0.355 e. The van der Waals surface area contributed by atoms with E-state index in [2.05, 4.69) is 46.4 Å². The van der Waals surface area contributed by atoms with Crippen LogP contribution in [0.2, 0.25) is 0 Å². The Kier molecular flexibility index (Phi) is 3.62. The number of anilines is 1. The third-order valence-electron chi connectivity index (χ3n) is 3.29. The highest BCUT2D eigenvalue weighted by atomic mass is 15.3. The number of aromatic nitrogens is 2. The van der Waals surface area contributed by atoms with Gasteiger partial charge in [-0.15, -0.1) is 5.10 Å². The maximum absolute atomic E-state index is 4.32. The summed E-state index contributed by atoms with van der Waals surface area (Å²) in [5.74, 6) is 1.01. The number of hydrogen-bond acceptors (Lipinski definition) is 4. The first-order chi connectivity index (χ1) is 8.11. The van der Waals surface area contributed by atoms with Crippen LogP contribution in [0.3, 0.4) is 0 Å². The molecule has 4 heteroatoms. The maximum atomic E-state index is 4.32. The molecule has 0 aliphatic carbocycles. The third kappa shape index (κ3) is 3.16. The quantitative estimate of drug-likeness (QED) is 0.866. The van der Waals surface area contributed by atoms with Gasteiger partial charge >= 0.3 is 0 Å². The topological polar surface area (TPSA) is 41.0 Å². The Hall–Kier alpha value is -1.16. The van der Waals surface area contributed by atoms with Gasteiger partial charge in [0, 0.05) is 19.6 Å². The van der Waals surface area contributed by atoms with Crippen LogP contribution in [0.1, 0.15) is 32.4 Å². The van der Waals surface area contributed by atoms with E-state index in [1.165, 1.54) is 12.8 Å². The molecule has 1 saturated heterocycles. The Morgan fingerprint density at radius 1 is 1.35 bits per heavy atom. The molecule has 94 valence electrons. The zero-order valence-corrected chi connectivity index (χ0v) is 11.0. The monoisotopic (exact) mass is 234 g/mol. The molecule has 2 heterocycles. The molecule has 2 rings (SSSR count). The van der Waals surface area contributed by atoms with Gasteiger partial charge in [-0.1, -0.05) is 13.8 Å². The summed E-state index contributed by atoms with van der Waals surface area (Å²) in [6.45, 7) is 7.60. The first kappa shape index (κ1) is 12.3. The molecule has 1 aliphatic heterocycles. The van der Waals surface area contributed by atoms with E-state index in [0.717, 1.165) is 31.1 Å². The summed E-state index contributed by atoms with van der Waals surface area (Å²) in [5.41, 5.74) is 1.39. The summed E-state index contributed by atoms with van der Waals surface area (Å²) >= 11 is 0. The van der Waals surface area contributed by atoms with Crippen LogP contribution >= 0.6 is 0 Å². The predicted molar refractivity (Wildman–Crippen MR) is 70.0 cm³/mol. The van der Waals surface area contributed by atoms with Crippen molar-refractivity contribution in [2.24, 2.45) is 5.41 Å².